The summed E-state index contributed by atoms with van der Waals surface area (Å²) >= 11 is 1.60. The van der Waals surface area contributed by atoms with Crippen molar-refractivity contribution in [2.45, 2.75) is 110 Å². The van der Waals surface area contributed by atoms with Gasteiger partial charge in [0.15, 0.2) is 0 Å². The van der Waals surface area contributed by atoms with E-state index in [2.05, 4.69) is 10.3 Å². The predicted octanol–water partition coefficient (Wildman–Crippen LogP) is 7.39. The van der Waals surface area contributed by atoms with E-state index >= 15 is 0 Å². The fourth-order valence-corrected chi connectivity index (χ4v) is 8.21. The molecule has 10 nitrogen and oxygen atoms in total. The molecule has 2 amide bonds. The minimum absolute atomic E-state index is 0.0127. The van der Waals surface area contributed by atoms with Gasteiger partial charge in [-0.05, 0) is 74.8 Å². The van der Waals surface area contributed by atoms with Crippen molar-refractivity contribution in [3.63, 3.8) is 0 Å². The largest absolute Gasteiger partial charge is 0.391 e. The van der Waals surface area contributed by atoms with Crippen LogP contribution in [0.3, 0.4) is 0 Å². The van der Waals surface area contributed by atoms with Gasteiger partial charge in [0, 0.05) is 44.2 Å². The van der Waals surface area contributed by atoms with Gasteiger partial charge in [0.25, 0.3) is 0 Å². The average Bonchev–Trinajstić information content (AvgIpc) is 3.87. The number of carbonyl (C=O) groups excluding carboxylic acids is 3. The lowest BCUT2D eigenvalue weighted by Gasteiger charge is -2.30. The molecule has 0 aliphatic carbocycles. The Bertz CT molecular complexity index is 1800. The smallest absolute Gasteiger partial charge is 0.243 e. The molecule has 1 saturated heterocycles. The summed E-state index contributed by atoms with van der Waals surface area (Å²) in [6, 6.07) is 14.7. The first-order valence-corrected chi connectivity index (χ1v) is 20.2. The molecule has 1 fully saturated rings. The van der Waals surface area contributed by atoms with E-state index < -0.39 is 18.1 Å². The van der Waals surface area contributed by atoms with Crippen LogP contribution in [0.15, 0.2) is 60.2 Å². The summed E-state index contributed by atoms with van der Waals surface area (Å²) in [5, 5.41) is 14.7. The minimum Gasteiger partial charge on any atom is -0.391 e. The summed E-state index contributed by atoms with van der Waals surface area (Å²) < 4.78 is 7.46. The Morgan fingerprint density at radius 2 is 1.68 bits per heavy atom. The van der Waals surface area contributed by atoms with Gasteiger partial charge in [-0.1, -0.05) is 75.6 Å². The van der Waals surface area contributed by atoms with Crippen molar-refractivity contribution >= 4 is 40.0 Å². The highest BCUT2D eigenvalue weighted by Gasteiger charge is 2.43. The molecule has 0 spiro atoms. The predicted molar refractivity (Wildman–Crippen MR) is 212 cm³/mol. The third-order valence-electron chi connectivity index (χ3n) is 10.3. The normalized spacial score (nSPS) is 17.1. The molecule has 4 N–H and O–H groups in total. The molecule has 2 aromatic heterocycles. The van der Waals surface area contributed by atoms with Crippen molar-refractivity contribution in [1.29, 1.82) is 0 Å². The molecule has 5 rings (SSSR count). The number of ether oxygens (including phenoxy) is 1. The van der Waals surface area contributed by atoms with E-state index in [0.29, 0.717) is 13.0 Å². The number of β-amino-alcohol motifs (C(OH)–C–C–N with tert-alkyl or cyclic N) is 1. The molecular weight excluding hydrogens is 687 g/mol. The summed E-state index contributed by atoms with van der Waals surface area (Å²) in [6.45, 7) is 10.2. The van der Waals surface area contributed by atoms with Gasteiger partial charge >= 0.3 is 0 Å². The lowest BCUT2D eigenvalue weighted by Crippen LogP contribution is -2.48. The van der Waals surface area contributed by atoms with E-state index in [1.54, 1.807) is 20.8 Å². The third-order valence-corrected chi connectivity index (χ3v) is 11.3. The van der Waals surface area contributed by atoms with E-state index in [1.807, 2.05) is 87.9 Å². The molecule has 4 aromatic rings. The number of unbranched alkanes of at least 4 members (excludes halogenated alkanes) is 5. The number of amides is 2. The van der Waals surface area contributed by atoms with Crippen LogP contribution in [0.5, 0.6) is 0 Å². The zero-order chi connectivity index (χ0) is 37.9. The van der Waals surface area contributed by atoms with Crippen LogP contribution in [0.1, 0.15) is 112 Å². The van der Waals surface area contributed by atoms with Crippen LogP contribution in [0.4, 0.5) is 0 Å². The van der Waals surface area contributed by atoms with Crippen LogP contribution >= 0.6 is 11.3 Å². The second-order valence-corrected chi connectivity index (χ2v) is 15.6. The number of likely N-dealkylation sites (tertiary alicyclic amines) is 1. The standard InChI is InChI=1S/C42H57N5O5S/c1-28(2)39(35-26-46(36-15-10-9-14-34(35)36)38(49)16-8-7-13-23-52-22-12-6-5-11-21-43)42(51)47-25-33(48)24-37(47)41(50)45-29(3)31-17-19-32(20-18-31)40-30(4)44-27-53-40/h9-10,14-15,17-20,26-29,33,37,39,48H,5-8,11-13,16,21-25,43H2,1-4H3,(H,45,50)/t29-,33+,37-,39+/m0/s1. The topological polar surface area (TPSA) is 140 Å². The van der Waals surface area contributed by atoms with Gasteiger partial charge in [0.05, 0.1) is 39.7 Å². The first-order valence-electron chi connectivity index (χ1n) is 19.3. The van der Waals surface area contributed by atoms with E-state index in [0.717, 1.165) is 96.3 Å². The Balaban J connectivity index is 1.23. The van der Waals surface area contributed by atoms with Crippen LogP contribution in [-0.4, -0.2) is 75.7 Å². The first kappa shape index (κ1) is 40.3. The number of thiazole rings is 1. The van der Waals surface area contributed by atoms with Crippen LogP contribution in [0.2, 0.25) is 0 Å². The molecule has 0 saturated carbocycles. The summed E-state index contributed by atoms with van der Waals surface area (Å²) in [7, 11) is 0. The van der Waals surface area contributed by atoms with E-state index in [1.165, 1.54) is 0 Å². The summed E-state index contributed by atoms with van der Waals surface area (Å²) in [4.78, 5) is 48.9. The van der Waals surface area contributed by atoms with Crippen molar-refractivity contribution in [3.05, 3.63) is 77.1 Å². The van der Waals surface area contributed by atoms with Crippen molar-refractivity contribution < 1.29 is 24.2 Å². The molecule has 1 aliphatic rings. The van der Waals surface area contributed by atoms with E-state index in [4.69, 9.17) is 10.5 Å². The number of aliphatic hydroxyl groups is 1. The molecule has 11 heteroatoms. The first-order chi connectivity index (χ1) is 25.6. The Labute approximate surface area is 318 Å². The second kappa shape index (κ2) is 19.4. The van der Waals surface area contributed by atoms with Gasteiger partial charge in [-0.3, -0.25) is 19.0 Å². The SMILES string of the molecule is Cc1ncsc1-c1ccc([C@H](C)NC(=O)[C@@H]2C[C@@H](O)CN2C(=O)[C@@H](c2cn(C(=O)CCCCCOCCCCCCN)c3ccccc23)C(C)C)cc1. The second-order valence-electron chi connectivity index (χ2n) is 14.7. The lowest BCUT2D eigenvalue weighted by atomic mass is 9.86. The van der Waals surface area contributed by atoms with E-state index in [9.17, 15) is 19.5 Å². The maximum Gasteiger partial charge on any atom is 0.243 e. The third kappa shape index (κ3) is 10.2. The molecule has 3 heterocycles. The Morgan fingerprint density at radius 3 is 2.36 bits per heavy atom. The zero-order valence-electron chi connectivity index (χ0n) is 31.8. The number of benzene rings is 2. The monoisotopic (exact) mass is 743 g/mol. The molecule has 0 bridgehead atoms. The quantitative estimate of drug-likeness (QED) is 0.0852. The zero-order valence-corrected chi connectivity index (χ0v) is 32.6. The van der Waals surface area contributed by atoms with Gasteiger partial charge in [0.1, 0.15) is 6.04 Å². The van der Waals surface area contributed by atoms with Crippen molar-refractivity contribution in [2.75, 3.05) is 26.3 Å². The van der Waals surface area contributed by atoms with Crippen LogP contribution < -0.4 is 11.1 Å². The van der Waals surface area contributed by atoms with E-state index in [-0.39, 0.29) is 42.6 Å². The minimum atomic E-state index is -0.811. The molecule has 53 heavy (non-hydrogen) atoms. The number of hydrogen-bond donors (Lipinski definition) is 3. The van der Waals surface area contributed by atoms with Gasteiger partial charge in [-0.25, -0.2) is 4.98 Å². The number of hydrogen-bond acceptors (Lipinski definition) is 8. The number of nitrogens with zero attached hydrogens (tertiary/aromatic N) is 3. The fraction of sp³-hybridized carbons (Fsp3) is 0.524. The fourth-order valence-electron chi connectivity index (χ4n) is 7.40. The molecule has 4 atom stereocenters. The Hall–Kier alpha value is -3.90. The number of nitrogens with two attached hydrogens (primary N) is 1. The maximum absolute atomic E-state index is 14.5. The van der Waals surface area contributed by atoms with Gasteiger partial charge in [0.2, 0.25) is 17.7 Å². The summed E-state index contributed by atoms with van der Waals surface area (Å²) in [5.74, 6) is -1.26. The Morgan fingerprint density at radius 1 is 0.981 bits per heavy atom. The highest BCUT2D eigenvalue weighted by atomic mass is 32.1. The highest BCUT2D eigenvalue weighted by Crippen LogP contribution is 2.36. The molecule has 0 radical (unpaired) electrons. The molecule has 286 valence electrons. The molecule has 2 aromatic carbocycles. The van der Waals surface area contributed by atoms with Crippen molar-refractivity contribution in [3.8, 4) is 10.4 Å². The molecule has 0 unspecified atom stereocenters. The highest BCUT2D eigenvalue weighted by molar-refractivity contribution is 7.13. The number of fused-ring (bicyclic) bond motifs is 1. The van der Waals surface area contributed by atoms with Crippen molar-refractivity contribution in [2.24, 2.45) is 11.7 Å². The number of aliphatic hydroxyl groups excluding tert-OH is 1. The van der Waals surface area contributed by atoms with Crippen molar-refractivity contribution in [1.82, 2.24) is 19.8 Å². The molecule has 1 aliphatic heterocycles. The average molecular weight is 744 g/mol. The summed E-state index contributed by atoms with van der Waals surface area (Å²) in [6.07, 6.45) is 8.54. The van der Waals surface area contributed by atoms with Gasteiger partial charge in [-0.15, -0.1) is 11.3 Å². The number of aryl methyl sites for hydroxylation is 1. The van der Waals surface area contributed by atoms with Gasteiger partial charge < -0.3 is 25.8 Å². The van der Waals surface area contributed by atoms with Crippen LogP contribution in [0, 0.1) is 12.8 Å². The van der Waals surface area contributed by atoms with Crippen LogP contribution in [-0.2, 0) is 14.3 Å². The Kier molecular flexibility index (Phi) is 14.8. The maximum atomic E-state index is 14.5. The number of nitrogens with one attached hydrogen (secondary N) is 1. The number of aromatic nitrogens is 2. The number of carbonyl (C=O) groups is 3. The molecular formula is C42H57N5O5S. The van der Waals surface area contributed by atoms with Crippen LogP contribution in [0.25, 0.3) is 21.3 Å². The lowest BCUT2D eigenvalue weighted by molar-refractivity contribution is -0.140. The number of para-hydroxylation sites is 1. The number of rotatable bonds is 19. The summed E-state index contributed by atoms with van der Waals surface area (Å²) in [5.41, 5.74) is 11.9. The van der Waals surface area contributed by atoms with Gasteiger partial charge in [-0.2, -0.15) is 0 Å².